The van der Waals surface area contributed by atoms with E-state index in [0.29, 0.717) is 30.1 Å². The molecular formula is C34H56N5O4PS2. The Hall–Kier alpha value is -1.62. The molecule has 3 aromatic rings. The lowest BCUT2D eigenvalue weighted by molar-refractivity contribution is 0.0655. The van der Waals surface area contributed by atoms with E-state index in [4.69, 9.17) is 19.5 Å². The molecule has 2 atom stereocenters. The molecule has 9 nitrogen and oxygen atoms in total. The molecule has 46 heavy (non-hydrogen) atoms. The van der Waals surface area contributed by atoms with Crippen molar-refractivity contribution in [1.29, 1.82) is 0 Å². The van der Waals surface area contributed by atoms with Crippen molar-refractivity contribution < 1.29 is 18.3 Å². The molecule has 0 spiro atoms. The lowest BCUT2D eigenvalue weighted by Crippen LogP contribution is -2.18. The van der Waals surface area contributed by atoms with E-state index in [0.717, 1.165) is 17.1 Å². The topological polar surface area (TPSA) is 114 Å². The number of nitrogens with two attached hydrogens (primary N) is 1. The van der Waals surface area contributed by atoms with Crippen molar-refractivity contribution in [2.45, 2.75) is 123 Å². The summed E-state index contributed by atoms with van der Waals surface area (Å²) in [6.07, 6.45) is 21.9. The number of benzene rings is 1. The van der Waals surface area contributed by atoms with Crippen LogP contribution in [0.15, 0.2) is 43.0 Å². The molecule has 1 aromatic carbocycles. The molecule has 0 aliphatic carbocycles. The second kappa shape index (κ2) is 23.7. The maximum absolute atomic E-state index is 13.7. The van der Waals surface area contributed by atoms with Gasteiger partial charge >= 0.3 is 7.60 Å². The predicted octanol–water partition coefficient (Wildman–Crippen LogP) is 10.1. The minimum atomic E-state index is -3.49. The minimum Gasteiger partial charge on any atom is -0.382 e. The van der Waals surface area contributed by atoms with Gasteiger partial charge in [-0.1, -0.05) is 142 Å². The van der Waals surface area contributed by atoms with E-state index < -0.39 is 7.60 Å². The van der Waals surface area contributed by atoms with E-state index in [9.17, 15) is 4.57 Å². The molecule has 2 aromatic heterocycles. The van der Waals surface area contributed by atoms with Crippen LogP contribution in [0.2, 0.25) is 0 Å². The number of unbranched alkanes of at least 4 members (excludes halogenated alkanes) is 13. The van der Waals surface area contributed by atoms with E-state index in [1.54, 1.807) is 17.1 Å². The van der Waals surface area contributed by atoms with Crippen LogP contribution in [0.5, 0.6) is 0 Å². The molecule has 258 valence electrons. The summed E-state index contributed by atoms with van der Waals surface area (Å²) in [5, 5.41) is 0. The van der Waals surface area contributed by atoms with Crippen molar-refractivity contribution >= 4 is 46.2 Å². The Balaban J connectivity index is 1.26. The summed E-state index contributed by atoms with van der Waals surface area (Å²) >= 11 is 0. The van der Waals surface area contributed by atoms with Gasteiger partial charge < -0.3 is 24.1 Å². The quantitative estimate of drug-likeness (QED) is 0.0448. The summed E-state index contributed by atoms with van der Waals surface area (Å²) in [4.78, 5) is 12.6. The predicted molar refractivity (Wildman–Crippen MR) is 195 cm³/mol. The molecule has 0 radical (unpaired) electrons. The largest absolute Gasteiger partial charge is 0.382 e. The summed E-state index contributed by atoms with van der Waals surface area (Å²) in [6.45, 7) is 5.17. The molecule has 0 saturated carbocycles. The second-order valence-electron chi connectivity index (χ2n) is 11.9. The highest BCUT2D eigenvalue weighted by Crippen LogP contribution is 2.49. The summed E-state index contributed by atoms with van der Waals surface area (Å²) in [6, 6.07) is 9.68. The van der Waals surface area contributed by atoms with Gasteiger partial charge in [-0.15, -0.1) is 0 Å². The molecule has 0 bridgehead atoms. The van der Waals surface area contributed by atoms with E-state index in [2.05, 4.69) is 21.9 Å². The lowest BCUT2D eigenvalue weighted by atomic mass is 10.0. The average Bonchev–Trinajstić information content (AvgIpc) is 3.48. The maximum Gasteiger partial charge on any atom is 0.356 e. The Bertz CT molecular complexity index is 1250. The van der Waals surface area contributed by atoms with E-state index in [1.165, 1.54) is 96.2 Å². The first-order chi connectivity index (χ1) is 22.5. The molecule has 3 rings (SSSR count). The normalized spacial score (nSPS) is 13.7. The first-order valence-corrected chi connectivity index (χ1v) is 21.4. The van der Waals surface area contributed by atoms with E-state index >= 15 is 0 Å². The monoisotopic (exact) mass is 693 g/mol. The van der Waals surface area contributed by atoms with E-state index in [1.807, 2.05) is 52.6 Å². The Kier molecular flexibility index (Phi) is 20.0. The van der Waals surface area contributed by atoms with Crippen LogP contribution in [0.1, 0.15) is 109 Å². The van der Waals surface area contributed by atoms with Crippen LogP contribution in [0.3, 0.4) is 0 Å². The van der Waals surface area contributed by atoms with Crippen LogP contribution in [0.4, 0.5) is 5.82 Å². The zero-order chi connectivity index (χ0) is 32.7. The Morgan fingerprint density at radius 1 is 0.826 bits per heavy atom. The fraction of sp³-hybridized carbons (Fsp3) is 0.676. The van der Waals surface area contributed by atoms with Crippen molar-refractivity contribution in [2.24, 2.45) is 0 Å². The molecule has 12 heteroatoms. The van der Waals surface area contributed by atoms with Gasteiger partial charge in [0, 0.05) is 11.5 Å². The van der Waals surface area contributed by atoms with Gasteiger partial charge in [0.25, 0.3) is 0 Å². The SMILES string of the molecule is CCCCCCCCCCCCCCCCSSCCOP(=O)(CO[C@H](C)Cn1cnc2c(N)ncnc21)OCc1ccccc1. The van der Waals surface area contributed by atoms with Crippen LogP contribution in [0.25, 0.3) is 11.2 Å². The summed E-state index contributed by atoms with van der Waals surface area (Å²) < 4.78 is 33.3. The number of aromatic nitrogens is 4. The number of fused-ring (bicyclic) bond motifs is 1. The molecule has 1 unspecified atom stereocenters. The standard InChI is InChI=1S/C34H56N5O4PS2/c1-3-4-5-6-7-8-9-10-11-12-13-14-15-19-23-45-46-24-22-42-44(40,43-26-31-20-17-16-18-21-31)29-41-30(2)25-39-28-38-32-33(35)36-27-37-34(32)39/h16-18,20-21,27-28,30H,3-15,19,22-26,29H2,1-2H3,(H2,35,36,37)/t30-,44?/m1/s1. The number of rotatable bonds is 28. The smallest absolute Gasteiger partial charge is 0.356 e. The summed E-state index contributed by atoms with van der Waals surface area (Å²) in [5.41, 5.74) is 8.02. The van der Waals surface area contributed by atoms with Gasteiger partial charge in [0.15, 0.2) is 11.5 Å². The maximum atomic E-state index is 13.7. The van der Waals surface area contributed by atoms with Crippen LogP contribution < -0.4 is 5.73 Å². The number of imidazole rings is 1. The zero-order valence-electron chi connectivity index (χ0n) is 28.0. The number of anilines is 1. The number of ether oxygens (including phenoxy) is 1. The molecule has 2 heterocycles. The molecule has 0 aliphatic heterocycles. The molecule has 2 N–H and O–H groups in total. The van der Waals surface area contributed by atoms with Crippen molar-refractivity contribution in [1.82, 2.24) is 19.5 Å². The van der Waals surface area contributed by atoms with Crippen molar-refractivity contribution in [3.63, 3.8) is 0 Å². The molecular weight excluding hydrogens is 638 g/mol. The zero-order valence-corrected chi connectivity index (χ0v) is 30.6. The van der Waals surface area contributed by atoms with Crippen molar-refractivity contribution in [2.75, 3.05) is 30.2 Å². The summed E-state index contributed by atoms with van der Waals surface area (Å²) in [5.74, 6) is 2.20. The van der Waals surface area contributed by atoms with E-state index in [-0.39, 0.29) is 19.1 Å². The third-order valence-corrected chi connectivity index (χ3v) is 11.8. The number of nitrogens with zero attached hydrogens (tertiary/aromatic N) is 4. The van der Waals surface area contributed by atoms with Gasteiger partial charge in [-0.25, -0.2) is 15.0 Å². The minimum absolute atomic E-state index is 0.137. The second-order valence-corrected chi connectivity index (χ2v) is 16.6. The third kappa shape index (κ3) is 16.0. The van der Waals surface area contributed by atoms with Gasteiger partial charge in [0.05, 0.1) is 32.2 Å². The van der Waals surface area contributed by atoms with Crippen LogP contribution in [-0.4, -0.2) is 50.1 Å². The third-order valence-electron chi connectivity index (χ3n) is 7.79. The van der Waals surface area contributed by atoms with Crippen LogP contribution in [-0.2, 0) is 31.5 Å². The number of hydrogen-bond donors (Lipinski definition) is 1. The van der Waals surface area contributed by atoms with Gasteiger partial charge in [0.1, 0.15) is 18.2 Å². The highest BCUT2D eigenvalue weighted by molar-refractivity contribution is 8.76. The van der Waals surface area contributed by atoms with Crippen molar-refractivity contribution in [3.8, 4) is 0 Å². The molecule has 0 saturated heterocycles. The number of hydrogen-bond acceptors (Lipinski definition) is 10. The Morgan fingerprint density at radius 2 is 1.46 bits per heavy atom. The fourth-order valence-corrected chi connectivity index (χ4v) is 8.60. The Labute approximate surface area is 284 Å². The van der Waals surface area contributed by atoms with Gasteiger partial charge in [0.2, 0.25) is 0 Å². The highest BCUT2D eigenvalue weighted by Gasteiger charge is 2.27. The summed E-state index contributed by atoms with van der Waals surface area (Å²) in [7, 11) is 0.140. The van der Waals surface area contributed by atoms with Gasteiger partial charge in [-0.3, -0.25) is 4.57 Å². The van der Waals surface area contributed by atoms with Crippen molar-refractivity contribution in [3.05, 3.63) is 48.5 Å². The number of nitrogen functional groups attached to an aromatic ring is 1. The Morgan fingerprint density at radius 3 is 2.13 bits per heavy atom. The highest BCUT2D eigenvalue weighted by atomic mass is 33.1. The lowest BCUT2D eigenvalue weighted by Gasteiger charge is -2.21. The molecule has 0 aliphatic rings. The van der Waals surface area contributed by atoms with Gasteiger partial charge in [-0.05, 0) is 18.9 Å². The van der Waals surface area contributed by atoms with Crippen LogP contribution in [0, 0.1) is 0 Å². The first kappa shape index (κ1) is 38.8. The molecule has 0 amide bonds. The first-order valence-electron chi connectivity index (χ1n) is 17.2. The van der Waals surface area contributed by atoms with Gasteiger partial charge in [-0.2, -0.15) is 0 Å². The van der Waals surface area contributed by atoms with Crippen LogP contribution >= 0.6 is 29.2 Å². The average molecular weight is 694 g/mol. The fourth-order valence-electron chi connectivity index (χ4n) is 5.12. The molecule has 0 fully saturated rings.